The number of carbonyl (C=O) groups excluding carboxylic acids is 2. The third kappa shape index (κ3) is 41.6. The number of hydrogen-bond donors (Lipinski definition) is 0. The molecule has 1 atom stereocenters. The molecule has 1 unspecified atom stereocenters. The maximum Gasteiger partial charge on any atom is 0.228 e. The normalized spacial score (nSPS) is 7.60. The third-order valence-electron chi connectivity index (χ3n) is 0.781. The van der Waals surface area contributed by atoms with Crippen LogP contribution in [-0.2, 0) is 309 Å². The molecular weight excluding hydrogens is 962 g/mol. The van der Waals surface area contributed by atoms with Crippen LogP contribution in [0, 0.1) is 13.5 Å². The molecular formula is C6H8BO3PY9-2. The third-order valence-corrected chi connectivity index (χ3v) is 0.781. The van der Waals surface area contributed by atoms with Crippen molar-refractivity contribution in [3.63, 3.8) is 0 Å². The predicted octanol–water partition coefficient (Wildman–Crippen LogP) is 0.192. The maximum absolute atomic E-state index is 10.2. The van der Waals surface area contributed by atoms with Crippen LogP contribution in [0.2, 0.25) is 0 Å². The van der Waals surface area contributed by atoms with Gasteiger partial charge >= 0.3 is 0 Å². The van der Waals surface area contributed by atoms with Crippen molar-refractivity contribution in [2.24, 2.45) is 0 Å². The van der Waals surface area contributed by atoms with Gasteiger partial charge in [-0.15, -0.1) is 5.57 Å². The average Bonchev–Trinajstić information content (AvgIpc) is 2.16. The van der Waals surface area contributed by atoms with E-state index < -0.39 is 11.9 Å². The zero-order valence-corrected chi connectivity index (χ0v) is 38.3. The number of hydrogen-bond acceptors (Lipinski definition) is 3. The second kappa shape index (κ2) is 51.2. The van der Waals surface area contributed by atoms with E-state index in [9.17, 15) is 9.59 Å². The van der Waals surface area contributed by atoms with E-state index in [4.69, 9.17) is 0 Å². The second-order valence-corrected chi connectivity index (χ2v) is 1.43. The Morgan fingerprint density at radius 3 is 1.15 bits per heavy atom. The van der Waals surface area contributed by atoms with Crippen molar-refractivity contribution in [3.05, 3.63) is 19.1 Å². The van der Waals surface area contributed by atoms with Crippen molar-refractivity contribution in [1.82, 2.24) is 0 Å². The first-order chi connectivity index (χ1) is 4.70. The van der Waals surface area contributed by atoms with Gasteiger partial charge in [-0.2, -0.15) is 15.2 Å². The smallest absolute Gasteiger partial charge is 0.228 e. The fourth-order valence-electron chi connectivity index (χ4n) is 0.390. The van der Waals surface area contributed by atoms with Crippen molar-refractivity contribution < 1.29 is 309 Å². The molecule has 0 amide bonds. The summed E-state index contributed by atoms with van der Waals surface area (Å²) in [5.74, 6) is -1.28. The molecule has 0 aromatic heterocycles. The standard InChI is InChI=1S/C5H3O3.CH3.BH2P.9Y/c1-3-2-4(6)8-5(3)7;;1-2;;;;;;;;;/h1H3;1H3;2H2;;;;;;;;;/q2*-1;;;;;;;;;;. The van der Waals surface area contributed by atoms with E-state index in [-0.39, 0.29) is 307 Å². The Labute approximate surface area is 352 Å². The number of rotatable bonds is 0. The minimum atomic E-state index is -0.688. The van der Waals surface area contributed by atoms with Crippen LogP contribution in [0.25, 0.3) is 0 Å². The van der Waals surface area contributed by atoms with Crippen LogP contribution in [0.5, 0.6) is 0 Å². The van der Waals surface area contributed by atoms with E-state index in [1.165, 1.54) is 6.92 Å². The second-order valence-electron chi connectivity index (χ2n) is 1.43. The van der Waals surface area contributed by atoms with Gasteiger partial charge in [-0.25, -0.2) is 0 Å². The summed E-state index contributed by atoms with van der Waals surface area (Å²) in [6.07, 6.45) is 2.17. The molecule has 0 spiro atoms. The molecule has 11 radical (unpaired) electrons. The van der Waals surface area contributed by atoms with Crippen LogP contribution >= 0.6 is 9.12 Å². The van der Waals surface area contributed by atoms with Gasteiger partial charge in [0.25, 0.3) is 0 Å². The Bertz CT molecular complexity index is 208. The molecule has 0 aliphatic carbocycles. The first-order valence-corrected chi connectivity index (χ1v) is 3.07. The molecule has 20 heavy (non-hydrogen) atoms. The molecule has 1 aliphatic rings. The van der Waals surface area contributed by atoms with E-state index in [2.05, 4.69) is 18.4 Å². The van der Waals surface area contributed by atoms with E-state index in [0.29, 0.717) is 0 Å². The zero-order chi connectivity index (χ0) is 8.15. The monoisotopic (exact) mass is 970 g/mol. The van der Waals surface area contributed by atoms with Crippen LogP contribution < -0.4 is 0 Å². The van der Waals surface area contributed by atoms with Gasteiger partial charge in [0.1, 0.15) is 0 Å². The van der Waals surface area contributed by atoms with E-state index in [1.54, 1.807) is 0 Å². The van der Waals surface area contributed by atoms with Crippen molar-refractivity contribution in [1.29, 1.82) is 0 Å². The quantitative estimate of drug-likeness (QED) is 0.115. The summed E-state index contributed by atoms with van der Waals surface area (Å²) < 4.78 is 4.05. The van der Waals surface area contributed by atoms with Gasteiger partial charge < -0.3 is 17.0 Å². The fraction of sp³-hybridized carbons (Fsp3) is 0.167. The van der Waals surface area contributed by atoms with Gasteiger partial charge in [0.2, 0.25) is 5.97 Å². The van der Waals surface area contributed by atoms with Crippen LogP contribution in [0.4, 0.5) is 0 Å². The summed E-state index contributed by atoms with van der Waals surface area (Å²) in [5, 5.41) is 0. The van der Waals surface area contributed by atoms with Crippen molar-refractivity contribution >= 4 is 28.6 Å². The molecule has 0 fully saturated rings. The minimum absolute atomic E-state index is 0. The summed E-state index contributed by atoms with van der Waals surface area (Å²) in [6, 6.07) is 0. The van der Waals surface area contributed by atoms with Gasteiger partial charge in [-0.1, -0.05) is 6.92 Å². The molecule has 0 saturated carbocycles. The molecule has 1 rings (SSSR count). The van der Waals surface area contributed by atoms with Crippen LogP contribution in [-0.4, -0.2) is 19.5 Å². The number of esters is 2. The van der Waals surface area contributed by atoms with E-state index in [1.807, 2.05) is 9.12 Å². The molecule has 0 N–H and O–H groups in total. The molecule has 87 valence electrons. The summed E-state index contributed by atoms with van der Waals surface area (Å²) in [5.41, 5.74) is 0.245. The average molecular weight is 970 g/mol. The van der Waals surface area contributed by atoms with Crippen LogP contribution in [0.1, 0.15) is 6.92 Å². The number of carbonyl (C=O) groups is 2. The SMILES string of the molecule is CC1=[C-]C(=O)OC1=O.[B]P.[CH3-].[Y].[Y].[Y].[Y].[Y].[Y].[Y].[Y].[Y]. The zero-order valence-electron chi connectivity index (χ0n) is 11.6. The molecule has 0 bridgehead atoms. The van der Waals surface area contributed by atoms with E-state index in [0.717, 1.165) is 0 Å². The molecule has 14 heteroatoms. The topological polar surface area (TPSA) is 43.4 Å². The Hall–Kier alpha value is 9.31. The predicted molar refractivity (Wildman–Crippen MR) is 45.4 cm³/mol. The summed E-state index contributed by atoms with van der Waals surface area (Å²) >= 11 is 0. The summed E-state index contributed by atoms with van der Waals surface area (Å²) in [7, 11) is 6.33. The molecule has 1 aliphatic heterocycles. The molecule has 3 nitrogen and oxygen atoms in total. The van der Waals surface area contributed by atoms with Gasteiger partial charge in [0.15, 0.2) is 5.97 Å². The Kier molecular flexibility index (Phi) is 179. The van der Waals surface area contributed by atoms with Gasteiger partial charge in [-0.05, 0) is 0 Å². The Morgan fingerprint density at radius 1 is 0.850 bits per heavy atom. The molecule has 0 saturated heterocycles. The summed E-state index contributed by atoms with van der Waals surface area (Å²) in [4.78, 5) is 20.3. The Morgan fingerprint density at radius 2 is 1.10 bits per heavy atom. The van der Waals surface area contributed by atoms with Crippen molar-refractivity contribution in [2.45, 2.75) is 6.92 Å². The van der Waals surface area contributed by atoms with Crippen molar-refractivity contribution in [3.8, 4) is 0 Å². The largest absolute Gasteiger partial charge is 0.495 e. The Balaban J connectivity index is -0.00000000722. The summed E-state index contributed by atoms with van der Waals surface area (Å²) in [6.45, 7) is 1.48. The van der Waals surface area contributed by atoms with E-state index >= 15 is 0 Å². The van der Waals surface area contributed by atoms with Gasteiger partial charge in [0, 0.05) is 294 Å². The molecule has 0 aromatic carbocycles. The van der Waals surface area contributed by atoms with Crippen molar-refractivity contribution in [2.75, 3.05) is 0 Å². The number of ether oxygens (including phenoxy) is 1. The fourth-order valence-corrected chi connectivity index (χ4v) is 0.390. The van der Waals surface area contributed by atoms with Gasteiger partial charge in [0.05, 0.1) is 7.57 Å². The number of cyclic esters (lactones) is 2. The molecule has 0 aromatic rings. The maximum atomic E-state index is 10.2. The van der Waals surface area contributed by atoms with Gasteiger partial charge in [-0.3, -0.25) is 4.79 Å². The van der Waals surface area contributed by atoms with Crippen LogP contribution in [0.3, 0.4) is 0 Å². The minimum Gasteiger partial charge on any atom is -0.495 e. The first-order valence-electron chi connectivity index (χ1n) is 2.40. The van der Waals surface area contributed by atoms with Crippen LogP contribution in [0.15, 0.2) is 5.57 Å². The first kappa shape index (κ1) is 70.1. The molecule has 1 heterocycles.